The third kappa shape index (κ3) is 8.52. The molecule has 2 amide bonds. The van der Waals surface area contributed by atoms with Crippen LogP contribution in [0.1, 0.15) is 81.1 Å². The molecule has 1 aliphatic heterocycles. The van der Waals surface area contributed by atoms with E-state index in [0.29, 0.717) is 24.2 Å². The van der Waals surface area contributed by atoms with Crippen molar-refractivity contribution in [1.29, 1.82) is 0 Å². The van der Waals surface area contributed by atoms with Gasteiger partial charge in [0.1, 0.15) is 11.8 Å². The van der Waals surface area contributed by atoms with Gasteiger partial charge in [0, 0.05) is 17.5 Å². The van der Waals surface area contributed by atoms with Crippen molar-refractivity contribution < 1.29 is 14.3 Å². The molecule has 2 heterocycles. The van der Waals surface area contributed by atoms with Crippen LogP contribution in [0.2, 0.25) is 0 Å². The Kier molecular flexibility index (Phi) is 11.6. The topological polar surface area (TPSA) is 83.6 Å². The summed E-state index contributed by atoms with van der Waals surface area (Å²) in [5, 5.41) is 6.99. The van der Waals surface area contributed by atoms with E-state index in [1.165, 1.54) is 18.4 Å². The van der Waals surface area contributed by atoms with Crippen LogP contribution in [0.5, 0.6) is 5.75 Å². The van der Waals surface area contributed by atoms with E-state index in [2.05, 4.69) is 41.5 Å². The molecule has 0 saturated carbocycles. The Labute approximate surface area is 245 Å². The highest BCUT2D eigenvalue weighted by Gasteiger charge is 2.23. The Balaban J connectivity index is 1.57. The smallest absolute Gasteiger partial charge is 0.252 e. The van der Waals surface area contributed by atoms with Crippen LogP contribution < -0.4 is 15.4 Å². The van der Waals surface area contributed by atoms with Crippen LogP contribution in [0.15, 0.2) is 48.5 Å². The number of amides is 2. The Bertz CT molecular complexity index is 1290. The average molecular weight is 559 g/mol. The first kappa shape index (κ1) is 30.5. The Morgan fingerprint density at radius 3 is 2.44 bits per heavy atom. The first-order valence-corrected chi connectivity index (χ1v) is 15.4. The normalized spacial score (nSPS) is 14.2. The molecule has 2 N–H and O–H groups in total. The minimum atomic E-state index is -0.579. The van der Waals surface area contributed by atoms with Gasteiger partial charge in [0.25, 0.3) is 5.91 Å². The molecule has 7 heteroatoms. The summed E-state index contributed by atoms with van der Waals surface area (Å²) in [7, 11) is 1.64. The minimum Gasteiger partial charge on any atom is -0.497 e. The Morgan fingerprint density at radius 1 is 0.976 bits per heavy atom. The highest BCUT2D eigenvalue weighted by Crippen LogP contribution is 2.28. The standard InChI is InChI=1S/C34H46N4O3/c1-4-6-11-25-13-18-30-28(23-25)29(24-32(36-30)26-14-16-27(41-3)17-15-26)33(39)37-31(12-7-5-2)34(40)35-19-10-22-38-20-8-9-21-38/h13-18,23-24,31H,4-12,19-22H2,1-3H3,(H,35,40)(H,37,39). The van der Waals surface area contributed by atoms with E-state index >= 15 is 0 Å². The van der Waals surface area contributed by atoms with Gasteiger partial charge < -0.3 is 20.3 Å². The van der Waals surface area contributed by atoms with E-state index in [1.54, 1.807) is 7.11 Å². The number of nitrogens with zero attached hydrogens (tertiary/aromatic N) is 2. The number of pyridine rings is 1. The van der Waals surface area contributed by atoms with Gasteiger partial charge in [0.2, 0.25) is 5.91 Å². The number of likely N-dealkylation sites (tertiary alicyclic amines) is 1. The van der Waals surface area contributed by atoms with Crippen LogP contribution >= 0.6 is 0 Å². The molecular weight excluding hydrogens is 512 g/mol. The van der Waals surface area contributed by atoms with Gasteiger partial charge >= 0.3 is 0 Å². The number of fused-ring (bicyclic) bond motifs is 1. The highest BCUT2D eigenvalue weighted by molar-refractivity contribution is 6.08. The molecule has 0 radical (unpaired) electrons. The number of unbranched alkanes of at least 4 members (excludes halogenated alkanes) is 2. The number of methoxy groups -OCH3 is 1. The summed E-state index contributed by atoms with van der Waals surface area (Å²) in [5.74, 6) is 0.414. The molecule has 1 saturated heterocycles. The number of carbonyl (C=O) groups is 2. The van der Waals surface area contributed by atoms with E-state index in [1.807, 2.05) is 36.4 Å². The third-order valence-electron chi connectivity index (χ3n) is 7.94. The van der Waals surface area contributed by atoms with Gasteiger partial charge in [-0.05, 0) is 106 Å². The fourth-order valence-corrected chi connectivity index (χ4v) is 5.46. The molecule has 4 rings (SSSR count). The van der Waals surface area contributed by atoms with Crippen LogP contribution in [0.3, 0.4) is 0 Å². The molecule has 1 aliphatic rings. The van der Waals surface area contributed by atoms with Gasteiger partial charge in [0.15, 0.2) is 0 Å². The fourth-order valence-electron chi connectivity index (χ4n) is 5.46. The summed E-state index contributed by atoms with van der Waals surface area (Å²) in [6.45, 7) is 8.21. The Morgan fingerprint density at radius 2 is 1.73 bits per heavy atom. The number of carbonyl (C=O) groups excluding carboxylic acids is 2. The summed E-state index contributed by atoms with van der Waals surface area (Å²) < 4.78 is 5.32. The lowest BCUT2D eigenvalue weighted by Crippen LogP contribution is -2.47. The van der Waals surface area contributed by atoms with Gasteiger partial charge in [-0.25, -0.2) is 4.98 Å². The second-order valence-electron chi connectivity index (χ2n) is 11.1. The van der Waals surface area contributed by atoms with Gasteiger partial charge in [-0.1, -0.05) is 39.2 Å². The zero-order valence-corrected chi connectivity index (χ0v) is 25.0. The summed E-state index contributed by atoms with van der Waals surface area (Å²) in [6.07, 6.45) is 9.01. The molecular formula is C34H46N4O3. The molecule has 41 heavy (non-hydrogen) atoms. The molecule has 1 aromatic heterocycles. The second kappa shape index (κ2) is 15.5. The quantitative estimate of drug-likeness (QED) is 0.219. The van der Waals surface area contributed by atoms with Crippen LogP contribution in [0.25, 0.3) is 22.2 Å². The number of hydrogen-bond acceptors (Lipinski definition) is 5. The summed E-state index contributed by atoms with van der Waals surface area (Å²) >= 11 is 0. The number of benzene rings is 2. The SMILES string of the molecule is CCCCc1ccc2nc(-c3ccc(OC)cc3)cc(C(=O)NC(CCCC)C(=O)NCCCN3CCCC3)c2c1. The lowest BCUT2D eigenvalue weighted by Gasteiger charge is -2.20. The molecule has 0 aliphatic carbocycles. The van der Waals surface area contributed by atoms with Crippen LogP contribution in [0, 0.1) is 0 Å². The maximum Gasteiger partial charge on any atom is 0.252 e. The van der Waals surface area contributed by atoms with Crippen LogP contribution in [0.4, 0.5) is 0 Å². The van der Waals surface area contributed by atoms with Crippen molar-refractivity contribution in [2.45, 2.75) is 77.7 Å². The maximum atomic E-state index is 13.9. The van der Waals surface area contributed by atoms with Crippen molar-refractivity contribution in [2.24, 2.45) is 0 Å². The predicted octanol–water partition coefficient (Wildman–Crippen LogP) is 6.14. The fraction of sp³-hybridized carbons (Fsp3) is 0.500. The van der Waals surface area contributed by atoms with Gasteiger partial charge in [0.05, 0.1) is 23.9 Å². The molecule has 220 valence electrons. The van der Waals surface area contributed by atoms with Gasteiger partial charge in [-0.3, -0.25) is 9.59 Å². The Hall–Kier alpha value is -3.45. The largest absolute Gasteiger partial charge is 0.497 e. The van der Waals surface area contributed by atoms with E-state index in [0.717, 1.165) is 80.4 Å². The van der Waals surface area contributed by atoms with Crippen molar-refractivity contribution in [1.82, 2.24) is 20.5 Å². The van der Waals surface area contributed by atoms with Crippen molar-refractivity contribution in [3.8, 4) is 17.0 Å². The van der Waals surface area contributed by atoms with E-state index in [9.17, 15) is 9.59 Å². The molecule has 7 nitrogen and oxygen atoms in total. The molecule has 0 bridgehead atoms. The van der Waals surface area contributed by atoms with Crippen molar-refractivity contribution >= 4 is 22.7 Å². The number of rotatable bonds is 15. The number of ether oxygens (including phenoxy) is 1. The first-order chi connectivity index (χ1) is 20.0. The molecule has 1 fully saturated rings. The second-order valence-corrected chi connectivity index (χ2v) is 11.1. The zero-order valence-electron chi connectivity index (χ0n) is 25.0. The van der Waals surface area contributed by atoms with Crippen LogP contribution in [-0.2, 0) is 11.2 Å². The first-order valence-electron chi connectivity index (χ1n) is 15.4. The number of aromatic nitrogens is 1. The number of aryl methyl sites for hydroxylation is 1. The third-order valence-corrected chi connectivity index (χ3v) is 7.94. The van der Waals surface area contributed by atoms with Crippen LogP contribution in [-0.4, -0.2) is 61.0 Å². The molecule has 1 unspecified atom stereocenters. The summed E-state index contributed by atoms with van der Waals surface area (Å²) in [6, 6.07) is 15.2. The average Bonchev–Trinajstić information content (AvgIpc) is 3.53. The lowest BCUT2D eigenvalue weighted by atomic mass is 9.99. The molecule has 2 aromatic carbocycles. The van der Waals surface area contributed by atoms with Crippen molar-refractivity contribution in [2.75, 3.05) is 33.3 Å². The number of nitrogens with one attached hydrogen (secondary N) is 2. The monoisotopic (exact) mass is 558 g/mol. The van der Waals surface area contributed by atoms with E-state index in [4.69, 9.17) is 9.72 Å². The zero-order chi connectivity index (χ0) is 29.0. The molecule has 3 aromatic rings. The summed E-state index contributed by atoms with van der Waals surface area (Å²) in [5.41, 5.74) is 4.10. The number of hydrogen-bond donors (Lipinski definition) is 2. The van der Waals surface area contributed by atoms with Gasteiger partial charge in [-0.2, -0.15) is 0 Å². The van der Waals surface area contributed by atoms with E-state index < -0.39 is 6.04 Å². The lowest BCUT2D eigenvalue weighted by molar-refractivity contribution is -0.123. The summed E-state index contributed by atoms with van der Waals surface area (Å²) in [4.78, 5) is 34.5. The predicted molar refractivity (Wildman–Crippen MR) is 166 cm³/mol. The molecule has 1 atom stereocenters. The molecule has 0 spiro atoms. The van der Waals surface area contributed by atoms with Crippen molar-refractivity contribution in [3.05, 3.63) is 59.7 Å². The highest BCUT2D eigenvalue weighted by atomic mass is 16.5. The van der Waals surface area contributed by atoms with Gasteiger partial charge in [-0.15, -0.1) is 0 Å². The minimum absolute atomic E-state index is 0.106. The maximum absolute atomic E-state index is 13.9. The van der Waals surface area contributed by atoms with Crippen molar-refractivity contribution in [3.63, 3.8) is 0 Å². The van der Waals surface area contributed by atoms with E-state index in [-0.39, 0.29) is 11.8 Å².